The number of nitrogens with zero attached hydrogens (tertiary/aromatic N) is 2. The molecule has 1 aromatic rings. The maximum absolute atomic E-state index is 11.7. The fourth-order valence-electron chi connectivity index (χ4n) is 1.39. The van der Waals surface area contributed by atoms with Crippen LogP contribution < -0.4 is 5.32 Å². The maximum Gasteiger partial charge on any atom is 0.239 e. The molecule has 18 heavy (non-hydrogen) atoms. The third kappa shape index (κ3) is 4.78. The summed E-state index contributed by atoms with van der Waals surface area (Å²) in [6, 6.07) is 3.65. The first kappa shape index (κ1) is 13.9. The van der Waals surface area contributed by atoms with Crippen molar-refractivity contribution in [1.82, 2.24) is 15.2 Å². The van der Waals surface area contributed by atoms with Gasteiger partial charge in [0.05, 0.1) is 6.54 Å². The first-order valence-electron chi connectivity index (χ1n) is 5.65. The van der Waals surface area contributed by atoms with Crippen molar-refractivity contribution in [3.05, 3.63) is 42.7 Å². The molecule has 0 atom stereocenters. The molecule has 0 aliphatic rings. The van der Waals surface area contributed by atoms with Crippen LogP contribution in [0.4, 0.5) is 0 Å². The number of amides is 2. The summed E-state index contributed by atoms with van der Waals surface area (Å²) in [5.74, 6) is -0.335. The summed E-state index contributed by atoms with van der Waals surface area (Å²) in [5.41, 5.74) is 0.969. The van der Waals surface area contributed by atoms with Crippen molar-refractivity contribution >= 4 is 11.8 Å². The van der Waals surface area contributed by atoms with Crippen LogP contribution in [0, 0.1) is 0 Å². The van der Waals surface area contributed by atoms with Crippen molar-refractivity contribution in [2.45, 2.75) is 13.5 Å². The highest BCUT2D eigenvalue weighted by molar-refractivity contribution is 5.83. The van der Waals surface area contributed by atoms with Gasteiger partial charge in [-0.2, -0.15) is 0 Å². The molecule has 0 spiro atoms. The smallest absolute Gasteiger partial charge is 0.239 e. The Bertz CT molecular complexity index is 418. The molecule has 0 saturated heterocycles. The number of nitrogens with one attached hydrogen (secondary N) is 1. The summed E-state index contributed by atoms with van der Waals surface area (Å²) in [6.45, 7) is 5.83. The molecule has 1 N–H and O–H groups in total. The Balaban J connectivity index is 2.41. The van der Waals surface area contributed by atoms with Crippen molar-refractivity contribution in [2.24, 2.45) is 0 Å². The highest BCUT2D eigenvalue weighted by atomic mass is 16.2. The highest BCUT2D eigenvalue weighted by Crippen LogP contribution is 1.95. The van der Waals surface area contributed by atoms with Gasteiger partial charge in [0.1, 0.15) is 0 Å². The van der Waals surface area contributed by atoms with Crippen LogP contribution in [0.1, 0.15) is 12.5 Å². The Morgan fingerprint density at radius 1 is 1.44 bits per heavy atom. The number of hydrogen-bond donors (Lipinski definition) is 1. The zero-order valence-corrected chi connectivity index (χ0v) is 10.4. The van der Waals surface area contributed by atoms with E-state index in [0.29, 0.717) is 13.1 Å². The van der Waals surface area contributed by atoms with Crippen LogP contribution in [-0.2, 0) is 16.1 Å². The van der Waals surface area contributed by atoms with E-state index in [1.807, 2.05) is 12.1 Å². The van der Waals surface area contributed by atoms with E-state index in [0.717, 1.165) is 5.56 Å². The molecular formula is C13H17N3O2. The maximum atomic E-state index is 11.7. The van der Waals surface area contributed by atoms with Gasteiger partial charge >= 0.3 is 0 Å². The molecule has 5 nitrogen and oxygen atoms in total. The monoisotopic (exact) mass is 247 g/mol. The van der Waals surface area contributed by atoms with Gasteiger partial charge in [-0.25, -0.2) is 0 Å². The van der Waals surface area contributed by atoms with Gasteiger partial charge in [-0.15, -0.1) is 6.58 Å². The molecule has 0 radical (unpaired) electrons. The minimum absolute atomic E-state index is 0.0481. The lowest BCUT2D eigenvalue weighted by molar-refractivity contribution is -0.133. The Labute approximate surface area is 107 Å². The lowest BCUT2D eigenvalue weighted by Gasteiger charge is -2.18. The van der Waals surface area contributed by atoms with Gasteiger partial charge in [0.25, 0.3) is 0 Å². The summed E-state index contributed by atoms with van der Waals surface area (Å²) < 4.78 is 0. The number of carbonyl (C=O) groups is 2. The number of rotatable bonds is 6. The largest absolute Gasteiger partial charge is 0.350 e. The SMILES string of the molecule is C=CCN(CC(=O)NCc1ccncc1)C(C)=O. The Morgan fingerprint density at radius 3 is 2.67 bits per heavy atom. The molecule has 96 valence electrons. The van der Waals surface area contributed by atoms with E-state index in [1.165, 1.54) is 11.8 Å². The van der Waals surface area contributed by atoms with Crippen molar-refractivity contribution in [3.8, 4) is 0 Å². The van der Waals surface area contributed by atoms with Gasteiger partial charge in [-0.3, -0.25) is 14.6 Å². The van der Waals surface area contributed by atoms with Gasteiger partial charge in [-0.05, 0) is 17.7 Å². The van der Waals surface area contributed by atoms with E-state index in [4.69, 9.17) is 0 Å². The molecule has 1 rings (SSSR count). The van der Waals surface area contributed by atoms with Crippen LogP contribution in [0.25, 0.3) is 0 Å². The summed E-state index contributed by atoms with van der Waals surface area (Å²) in [5, 5.41) is 2.75. The van der Waals surface area contributed by atoms with Gasteiger partial charge in [0, 0.05) is 32.4 Å². The average Bonchev–Trinajstić information content (AvgIpc) is 2.37. The second-order valence-corrected chi connectivity index (χ2v) is 3.82. The molecule has 2 amide bonds. The second-order valence-electron chi connectivity index (χ2n) is 3.82. The van der Waals surface area contributed by atoms with Crippen molar-refractivity contribution in [1.29, 1.82) is 0 Å². The molecule has 0 fully saturated rings. The fourth-order valence-corrected chi connectivity index (χ4v) is 1.39. The topological polar surface area (TPSA) is 62.3 Å². The minimum Gasteiger partial charge on any atom is -0.350 e. The zero-order valence-electron chi connectivity index (χ0n) is 10.4. The van der Waals surface area contributed by atoms with E-state index in [2.05, 4.69) is 16.9 Å². The Morgan fingerprint density at radius 2 is 2.11 bits per heavy atom. The standard InChI is InChI=1S/C13H17N3O2/c1-3-8-16(11(2)17)10-13(18)15-9-12-4-6-14-7-5-12/h3-7H,1,8-10H2,2H3,(H,15,18). The van der Waals surface area contributed by atoms with E-state index in [9.17, 15) is 9.59 Å². The minimum atomic E-state index is -0.191. The van der Waals surface area contributed by atoms with E-state index < -0.39 is 0 Å². The molecule has 0 aliphatic carbocycles. The molecule has 0 aliphatic heterocycles. The van der Waals surface area contributed by atoms with Crippen molar-refractivity contribution < 1.29 is 9.59 Å². The molecule has 1 aromatic heterocycles. The average molecular weight is 247 g/mol. The number of hydrogen-bond acceptors (Lipinski definition) is 3. The Kier molecular flexibility index (Phi) is 5.57. The van der Waals surface area contributed by atoms with E-state index >= 15 is 0 Å². The molecule has 1 heterocycles. The quantitative estimate of drug-likeness (QED) is 0.754. The lowest BCUT2D eigenvalue weighted by Crippen LogP contribution is -2.39. The first-order valence-corrected chi connectivity index (χ1v) is 5.65. The second kappa shape index (κ2) is 7.21. The third-order valence-corrected chi connectivity index (χ3v) is 2.37. The number of pyridine rings is 1. The van der Waals surface area contributed by atoms with Crippen LogP contribution in [-0.4, -0.2) is 34.8 Å². The predicted octanol–water partition coefficient (Wildman–Crippen LogP) is 0.732. The molecule has 0 aromatic carbocycles. The van der Waals surface area contributed by atoms with Crippen molar-refractivity contribution in [3.63, 3.8) is 0 Å². The van der Waals surface area contributed by atoms with Crippen LogP contribution in [0.2, 0.25) is 0 Å². The molecular weight excluding hydrogens is 230 g/mol. The van der Waals surface area contributed by atoms with Crippen LogP contribution in [0.15, 0.2) is 37.2 Å². The normalized spacial score (nSPS) is 9.61. The molecule has 0 unspecified atom stereocenters. The predicted molar refractivity (Wildman–Crippen MR) is 68.5 cm³/mol. The van der Waals surface area contributed by atoms with Crippen molar-refractivity contribution in [2.75, 3.05) is 13.1 Å². The van der Waals surface area contributed by atoms with E-state index in [-0.39, 0.29) is 18.4 Å². The van der Waals surface area contributed by atoms with Crippen LogP contribution in [0.5, 0.6) is 0 Å². The zero-order chi connectivity index (χ0) is 13.4. The number of aromatic nitrogens is 1. The van der Waals surface area contributed by atoms with E-state index in [1.54, 1.807) is 18.5 Å². The molecule has 0 bridgehead atoms. The summed E-state index contributed by atoms with van der Waals surface area (Å²) >= 11 is 0. The summed E-state index contributed by atoms with van der Waals surface area (Å²) in [6.07, 6.45) is 4.93. The first-order chi connectivity index (χ1) is 8.63. The fraction of sp³-hybridized carbons (Fsp3) is 0.308. The summed E-state index contributed by atoms with van der Waals surface area (Å²) in [4.78, 5) is 28.2. The van der Waals surface area contributed by atoms with Gasteiger partial charge in [-0.1, -0.05) is 6.08 Å². The number of carbonyl (C=O) groups excluding carboxylic acids is 2. The molecule has 5 heteroatoms. The third-order valence-electron chi connectivity index (χ3n) is 2.37. The van der Waals surface area contributed by atoms with Gasteiger partial charge in [0.2, 0.25) is 11.8 Å². The lowest BCUT2D eigenvalue weighted by atomic mass is 10.3. The van der Waals surface area contributed by atoms with Gasteiger partial charge in [0.15, 0.2) is 0 Å². The summed E-state index contributed by atoms with van der Waals surface area (Å²) in [7, 11) is 0. The Hall–Kier alpha value is -2.17. The van der Waals surface area contributed by atoms with Crippen LogP contribution in [0.3, 0.4) is 0 Å². The van der Waals surface area contributed by atoms with Gasteiger partial charge < -0.3 is 10.2 Å². The van der Waals surface area contributed by atoms with Crippen LogP contribution >= 0.6 is 0 Å². The molecule has 0 saturated carbocycles. The highest BCUT2D eigenvalue weighted by Gasteiger charge is 2.11.